The monoisotopic (exact) mass is 324 g/mol. The first-order chi connectivity index (χ1) is 10.2. The summed E-state index contributed by atoms with van der Waals surface area (Å²) in [5, 5.41) is 7.24. The fourth-order valence-electron chi connectivity index (χ4n) is 2.79. The first-order valence-electron chi connectivity index (χ1n) is 7.73. The second kappa shape index (κ2) is 6.88. The van der Waals surface area contributed by atoms with E-state index in [2.05, 4.69) is 23.6 Å². The molecule has 1 aromatic carbocycles. The smallest absolute Gasteiger partial charge is 0.407 e. The van der Waals surface area contributed by atoms with Crippen molar-refractivity contribution in [3.63, 3.8) is 0 Å². The average molecular weight is 325 g/mol. The van der Waals surface area contributed by atoms with E-state index in [-0.39, 0.29) is 18.2 Å². The molecule has 22 heavy (non-hydrogen) atoms. The first kappa shape index (κ1) is 17.1. The average Bonchev–Trinajstić information content (AvgIpc) is 2.36. The van der Waals surface area contributed by atoms with Crippen LogP contribution in [0.5, 0.6) is 0 Å². The highest BCUT2D eigenvalue weighted by Gasteiger charge is 2.26. The lowest BCUT2D eigenvalue weighted by atomic mass is 9.91. The Morgan fingerprint density at radius 3 is 2.77 bits per heavy atom. The zero-order chi connectivity index (χ0) is 16.3. The van der Waals surface area contributed by atoms with Gasteiger partial charge in [-0.25, -0.2) is 4.79 Å². The van der Waals surface area contributed by atoms with Gasteiger partial charge in [0.2, 0.25) is 0 Å². The molecule has 0 aromatic heterocycles. The van der Waals surface area contributed by atoms with Crippen molar-refractivity contribution < 1.29 is 9.53 Å². The van der Waals surface area contributed by atoms with Crippen molar-refractivity contribution in [3.05, 3.63) is 34.3 Å². The molecule has 0 aliphatic carbocycles. The van der Waals surface area contributed by atoms with Gasteiger partial charge in [-0.3, -0.25) is 0 Å². The second-order valence-corrected chi connectivity index (χ2v) is 7.31. The van der Waals surface area contributed by atoms with Crippen LogP contribution in [0.2, 0.25) is 5.02 Å². The minimum atomic E-state index is -0.469. The number of carbonyl (C=O) groups excluding carboxylic acids is 1. The van der Waals surface area contributed by atoms with Crippen molar-refractivity contribution in [1.29, 1.82) is 0 Å². The van der Waals surface area contributed by atoms with E-state index in [9.17, 15) is 4.79 Å². The zero-order valence-corrected chi connectivity index (χ0v) is 14.5. The van der Waals surface area contributed by atoms with E-state index < -0.39 is 5.60 Å². The Morgan fingerprint density at radius 1 is 1.41 bits per heavy atom. The van der Waals surface area contributed by atoms with Crippen molar-refractivity contribution in [3.8, 4) is 0 Å². The first-order valence-corrected chi connectivity index (χ1v) is 8.11. The summed E-state index contributed by atoms with van der Waals surface area (Å²) in [6.07, 6.45) is 1.41. The fourth-order valence-corrected chi connectivity index (χ4v) is 3.02. The van der Waals surface area contributed by atoms with Crippen LogP contribution in [0.3, 0.4) is 0 Å². The van der Waals surface area contributed by atoms with Crippen LogP contribution in [0, 0.1) is 6.92 Å². The summed E-state index contributed by atoms with van der Waals surface area (Å²) in [5.41, 5.74) is 1.94. The number of alkyl carbamates (subject to hydrolysis) is 1. The number of aryl methyl sites for hydroxylation is 1. The van der Waals surface area contributed by atoms with Crippen LogP contribution in [0.4, 0.5) is 4.79 Å². The molecule has 122 valence electrons. The lowest BCUT2D eigenvalue weighted by Crippen LogP contribution is -2.45. The topological polar surface area (TPSA) is 50.4 Å². The molecule has 2 unspecified atom stereocenters. The summed E-state index contributed by atoms with van der Waals surface area (Å²) < 4.78 is 5.33. The van der Waals surface area contributed by atoms with Crippen LogP contribution in [0.1, 0.15) is 50.8 Å². The lowest BCUT2D eigenvalue weighted by molar-refractivity contribution is 0.0490. The molecule has 0 bridgehead atoms. The lowest BCUT2D eigenvalue weighted by Gasteiger charge is -2.32. The number of rotatable bonds is 2. The van der Waals surface area contributed by atoms with E-state index in [1.807, 2.05) is 32.9 Å². The van der Waals surface area contributed by atoms with E-state index in [1.54, 1.807) is 0 Å². The van der Waals surface area contributed by atoms with Crippen LogP contribution < -0.4 is 10.6 Å². The third kappa shape index (κ3) is 4.89. The molecule has 4 nitrogen and oxygen atoms in total. The Balaban J connectivity index is 1.98. The van der Waals surface area contributed by atoms with Gasteiger partial charge in [-0.2, -0.15) is 0 Å². The van der Waals surface area contributed by atoms with Crippen LogP contribution in [0.15, 0.2) is 18.2 Å². The predicted molar refractivity (Wildman–Crippen MR) is 89.3 cm³/mol. The van der Waals surface area contributed by atoms with E-state index in [0.29, 0.717) is 0 Å². The molecule has 0 saturated carbocycles. The quantitative estimate of drug-likeness (QED) is 0.865. The summed E-state index contributed by atoms with van der Waals surface area (Å²) in [6.45, 7) is 8.54. The maximum atomic E-state index is 11.9. The number of hydrogen-bond acceptors (Lipinski definition) is 3. The molecule has 0 spiro atoms. The minimum absolute atomic E-state index is 0.121. The molecular weight excluding hydrogens is 300 g/mol. The Hall–Kier alpha value is -1.26. The number of amides is 1. The summed E-state index contributed by atoms with van der Waals surface area (Å²) in [4.78, 5) is 11.9. The zero-order valence-electron chi connectivity index (χ0n) is 13.7. The summed E-state index contributed by atoms with van der Waals surface area (Å²) in [6, 6.07) is 6.30. The summed E-state index contributed by atoms with van der Waals surface area (Å²) >= 11 is 6.02. The molecule has 2 N–H and O–H groups in total. The molecule has 1 aromatic rings. The summed E-state index contributed by atoms with van der Waals surface area (Å²) in [5.74, 6) is 0. The Bertz CT molecular complexity index is 540. The van der Waals surface area contributed by atoms with Crippen LogP contribution in [-0.2, 0) is 4.74 Å². The molecule has 1 aliphatic heterocycles. The fraction of sp³-hybridized carbons (Fsp3) is 0.588. The van der Waals surface area contributed by atoms with Gasteiger partial charge in [0.15, 0.2) is 0 Å². The van der Waals surface area contributed by atoms with Crippen molar-refractivity contribution in [2.75, 3.05) is 6.54 Å². The molecule has 2 atom stereocenters. The van der Waals surface area contributed by atoms with Crippen molar-refractivity contribution in [1.82, 2.24) is 10.6 Å². The standard InChI is InChI=1S/C17H25ClN2O2/c1-11-9-12(18)5-6-14(11)15-10-13(7-8-19-15)20-16(21)22-17(2,3)4/h5-6,9,13,15,19H,7-8,10H2,1-4H3,(H,20,21). The molecule has 1 heterocycles. The highest BCUT2D eigenvalue weighted by atomic mass is 35.5. The van der Waals surface area contributed by atoms with Gasteiger partial charge in [0.05, 0.1) is 0 Å². The second-order valence-electron chi connectivity index (χ2n) is 6.88. The van der Waals surface area contributed by atoms with Gasteiger partial charge in [-0.15, -0.1) is 0 Å². The van der Waals surface area contributed by atoms with Gasteiger partial charge in [0.1, 0.15) is 5.60 Å². The maximum Gasteiger partial charge on any atom is 0.407 e. The highest BCUT2D eigenvalue weighted by Crippen LogP contribution is 2.27. The molecule has 0 radical (unpaired) electrons. The Morgan fingerprint density at radius 2 is 2.14 bits per heavy atom. The highest BCUT2D eigenvalue weighted by molar-refractivity contribution is 6.30. The number of ether oxygens (including phenoxy) is 1. The van der Waals surface area contributed by atoms with Crippen LogP contribution in [-0.4, -0.2) is 24.3 Å². The molecule has 1 fully saturated rings. The molecule has 1 amide bonds. The number of piperidine rings is 1. The molecular formula is C17H25ClN2O2. The van der Waals surface area contributed by atoms with Gasteiger partial charge >= 0.3 is 6.09 Å². The third-order valence-corrected chi connectivity index (χ3v) is 3.97. The number of hydrogen-bond donors (Lipinski definition) is 2. The van der Waals surface area contributed by atoms with Crippen molar-refractivity contribution in [2.24, 2.45) is 0 Å². The number of carbonyl (C=O) groups is 1. The third-order valence-electron chi connectivity index (χ3n) is 3.73. The number of halogens is 1. The van der Waals surface area contributed by atoms with Gasteiger partial charge in [-0.05, 0) is 70.3 Å². The Labute approximate surface area is 137 Å². The van der Waals surface area contributed by atoms with Crippen LogP contribution in [0.25, 0.3) is 0 Å². The Kier molecular flexibility index (Phi) is 5.35. The molecule has 5 heteroatoms. The van der Waals surface area contributed by atoms with Crippen molar-refractivity contribution in [2.45, 2.75) is 58.2 Å². The van der Waals surface area contributed by atoms with Gasteiger partial charge in [0.25, 0.3) is 0 Å². The van der Waals surface area contributed by atoms with E-state index in [4.69, 9.17) is 16.3 Å². The largest absolute Gasteiger partial charge is 0.444 e. The normalized spacial score (nSPS) is 22.2. The number of benzene rings is 1. The SMILES string of the molecule is Cc1cc(Cl)ccc1C1CC(NC(=O)OC(C)(C)C)CCN1. The van der Waals surface area contributed by atoms with Gasteiger partial charge < -0.3 is 15.4 Å². The summed E-state index contributed by atoms with van der Waals surface area (Å²) in [7, 11) is 0. The molecule has 2 rings (SSSR count). The van der Waals surface area contributed by atoms with Gasteiger partial charge in [0, 0.05) is 17.1 Å². The van der Waals surface area contributed by atoms with Crippen molar-refractivity contribution >= 4 is 17.7 Å². The predicted octanol–water partition coefficient (Wildman–Crippen LogP) is 3.97. The molecule has 1 saturated heterocycles. The molecule has 1 aliphatic rings. The van der Waals surface area contributed by atoms with E-state index >= 15 is 0 Å². The minimum Gasteiger partial charge on any atom is -0.444 e. The van der Waals surface area contributed by atoms with E-state index in [1.165, 1.54) is 11.1 Å². The maximum absolute atomic E-state index is 11.9. The van der Waals surface area contributed by atoms with E-state index in [0.717, 1.165) is 24.4 Å². The van der Waals surface area contributed by atoms with Gasteiger partial charge in [-0.1, -0.05) is 17.7 Å². The van der Waals surface area contributed by atoms with Crippen LogP contribution >= 0.6 is 11.6 Å². The number of nitrogens with one attached hydrogen (secondary N) is 2.